The molecule has 102 valence electrons. The Hall–Kier alpha value is -3.07. The fourth-order valence-electron chi connectivity index (χ4n) is 2.03. The Morgan fingerprint density at radius 1 is 1.14 bits per heavy atom. The van der Waals surface area contributed by atoms with Crippen LogP contribution in [0.5, 0.6) is 0 Å². The average Bonchev–Trinajstić information content (AvgIpc) is 2.96. The molecule has 0 fully saturated rings. The van der Waals surface area contributed by atoms with Gasteiger partial charge in [0.2, 0.25) is 0 Å². The molecule has 0 N–H and O–H groups in total. The van der Waals surface area contributed by atoms with E-state index < -0.39 is 0 Å². The first-order chi connectivity index (χ1) is 10.3. The van der Waals surface area contributed by atoms with Crippen molar-refractivity contribution in [3.63, 3.8) is 0 Å². The molecule has 3 aromatic rings. The highest BCUT2D eigenvalue weighted by Crippen LogP contribution is 2.17. The SMILES string of the molecule is N#Cc1cccc(Cn2nnnc2-c2ccc(F)cc2)c1. The Morgan fingerprint density at radius 2 is 1.95 bits per heavy atom. The van der Waals surface area contributed by atoms with E-state index in [1.165, 1.54) is 12.1 Å². The van der Waals surface area contributed by atoms with Gasteiger partial charge in [0.25, 0.3) is 0 Å². The Bertz CT molecular complexity index is 801. The lowest BCUT2D eigenvalue weighted by molar-refractivity contribution is 0.627. The molecule has 0 spiro atoms. The Balaban J connectivity index is 1.92. The molecule has 5 nitrogen and oxygen atoms in total. The van der Waals surface area contributed by atoms with Crippen molar-refractivity contribution < 1.29 is 4.39 Å². The maximum Gasteiger partial charge on any atom is 0.182 e. The summed E-state index contributed by atoms with van der Waals surface area (Å²) in [7, 11) is 0. The summed E-state index contributed by atoms with van der Waals surface area (Å²) in [4.78, 5) is 0. The summed E-state index contributed by atoms with van der Waals surface area (Å²) >= 11 is 0. The number of halogens is 1. The first-order valence-electron chi connectivity index (χ1n) is 6.27. The average molecular weight is 279 g/mol. The smallest absolute Gasteiger partial charge is 0.182 e. The molecule has 0 aliphatic rings. The summed E-state index contributed by atoms with van der Waals surface area (Å²) < 4.78 is 14.6. The lowest BCUT2D eigenvalue weighted by Crippen LogP contribution is -2.04. The van der Waals surface area contributed by atoms with Crippen LogP contribution in [0.4, 0.5) is 4.39 Å². The van der Waals surface area contributed by atoms with Gasteiger partial charge in [-0.2, -0.15) is 5.26 Å². The van der Waals surface area contributed by atoms with Crippen LogP contribution in [0.15, 0.2) is 48.5 Å². The molecule has 3 rings (SSSR count). The van der Waals surface area contributed by atoms with E-state index in [0.29, 0.717) is 17.9 Å². The molecule has 0 radical (unpaired) electrons. The van der Waals surface area contributed by atoms with Crippen molar-refractivity contribution in [3.8, 4) is 17.5 Å². The van der Waals surface area contributed by atoms with Gasteiger partial charge in [-0.3, -0.25) is 0 Å². The lowest BCUT2D eigenvalue weighted by atomic mass is 10.1. The minimum atomic E-state index is -0.306. The predicted molar refractivity (Wildman–Crippen MR) is 73.5 cm³/mol. The van der Waals surface area contributed by atoms with Crippen molar-refractivity contribution in [2.45, 2.75) is 6.54 Å². The molecule has 0 saturated heterocycles. The van der Waals surface area contributed by atoms with Crippen molar-refractivity contribution >= 4 is 0 Å². The third kappa shape index (κ3) is 2.77. The molecule has 0 unspecified atom stereocenters. The summed E-state index contributed by atoms with van der Waals surface area (Å²) in [5.41, 5.74) is 2.24. The van der Waals surface area contributed by atoms with Crippen LogP contribution in [0, 0.1) is 17.1 Å². The highest BCUT2D eigenvalue weighted by molar-refractivity contribution is 5.54. The lowest BCUT2D eigenvalue weighted by Gasteiger charge is -2.05. The highest BCUT2D eigenvalue weighted by atomic mass is 19.1. The number of rotatable bonds is 3. The third-order valence-electron chi connectivity index (χ3n) is 3.02. The third-order valence-corrected chi connectivity index (χ3v) is 3.02. The molecule has 0 bridgehead atoms. The van der Waals surface area contributed by atoms with Crippen LogP contribution in [-0.2, 0) is 6.54 Å². The first-order valence-corrected chi connectivity index (χ1v) is 6.27. The molecule has 1 heterocycles. The molecule has 21 heavy (non-hydrogen) atoms. The van der Waals surface area contributed by atoms with Gasteiger partial charge in [-0.1, -0.05) is 12.1 Å². The molecule has 0 saturated carbocycles. The summed E-state index contributed by atoms with van der Waals surface area (Å²) in [6.45, 7) is 0.440. The van der Waals surface area contributed by atoms with E-state index in [0.717, 1.165) is 11.1 Å². The maximum atomic E-state index is 13.0. The number of tetrazole rings is 1. The van der Waals surface area contributed by atoms with Gasteiger partial charge >= 0.3 is 0 Å². The Labute approximate surface area is 120 Å². The molecule has 0 amide bonds. The minimum Gasteiger partial charge on any atom is -0.221 e. The zero-order valence-corrected chi connectivity index (χ0v) is 10.9. The Kier molecular flexibility index (Phi) is 3.39. The van der Waals surface area contributed by atoms with Gasteiger partial charge in [-0.15, -0.1) is 5.10 Å². The highest BCUT2D eigenvalue weighted by Gasteiger charge is 2.09. The second-order valence-electron chi connectivity index (χ2n) is 4.48. The van der Waals surface area contributed by atoms with Crippen LogP contribution in [0.2, 0.25) is 0 Å². The predicted octanol–water partition coefficient (Wildman–Crippen LogP) is 2.40. The van der Waals surface area contributed by atoms with Gasteiger partial charge in [-0.05, 0) is 52.4 Å². The summed E-state index contributed by atoms with van der Waals surface area (Å²) in [5.74, 6) is 0.247. The van der Waals surface area contributed by atoms with E-state index in [1.807, 2.05) is 12.1 Å². The standard InChI is InChI=1S/C15H10FN5/c16-14-6-4-13(5-7-14)15-18-19-20-21(15)10-12-3-1-2-11(8-12)9-17/h1-8H,10H2. The second-order valence-corrected chi connectivity index (χ2v) is 4.48. The number of hydrogen-bond acceptors (Lipinski definition) is 4. The van der Waals surface area contributed by atoms with E-state index in [2.05, 4.69) is 21.6 Å². The summed E-state index contributed by atoms with van der Waals surface area (Å²) in [6.07, 6.45) is 0. The number of hydrogen-bond donors (Lipinski definition) is 0. The van der Waals surface area contributed by atoms with Gasteiger partial charge < -0.3 is 0 Å². The maximum absolute atomic E-state index is 13.0. The van der Waals surface area contributed by atoms with Crippen molar-refractivity contribution in [2.24, 2.45) is 0 Å². The number of aromatic nitrogens is 4. The van der Waals surface area contributed by atoms with E-state index in [9.17, 15) is 4.39 Å². The minimum absolute atomic E-state index is 0.306. The first kappa shape index (κ1) is 12.9. The van der Waals surface area contributed by atoms with E-state index >= 15 is 0 Å². The summed E-state index contributed by atoms with van der Waals surface area (Å²) in [5, 5.41) is 20.5. The zero-order chi connectivity index (χ0) is 14.7. The van der Waals surface area contributed by atoms with Crippen LogP contribution in [-0.4, -0.2) is 20.2 Å². The summed E-state index contributed by atoms with van der Waals surface area (Å²) in [6, 6.07) is 15.3. The van der Waals surface area contributed by atoms with Gasteiger partial charge in [0.1, 0.15) is 5.82 Å². The topological polar surface area (TPSA) is 67.4 Å². The second kappa shape index (κ2) is 5.51. The van der Waals surface area contributed by atoms with Gasteiger partial charge in [0.05, 0.1) is 18.2 Å². The molecule has 0 aliphatic carbocycles. The van der Waals surface area contributed by atoms with Gasteiger partial charge in [0, 0.05) is 5.56 Å². The van der Waals surface area contributed by atoms with E-state index in [4.69, 9.17) is 5.26 Å². The molecular weight excluding hydrogens is 269 g/mol. The number of benzene rings is 2. The van der Waals surface area contributed by atoms with Crippen LogP contribution in [0.25, 0.3) is 11.4 Å². The van der Waals surface area contributed by atoms with Crippen molar-refractivity contribution in [1.29, 1.82) is 5.26 Å². The largest absolute Gasteiger partial charge is 0.221 e. The van der Waals surface area contributed by atoms with Crippen molar-refractivity contribution in [1.82, 2.24) is 20.2 Å². The molecule has 0 atom stereocenters. The van der Waals surface area contributed by atoms with Crippen molar-refractivity contribution in [3.05, 3.63) is 65.5 Å². The fourth-order valence-corrected chi connectivity index (χ4v) is 2.03. The number of nitrogens with zero attached hydrogens (tertiary/aromatic N) is 5. The van der Waals surface area contributed by atoms with Crippen molar-refractivity contribution in [2.75, 3.05) is 0 Å². The van der Waals surface area contributed by atoms with E-state index in [1.54, 1.807) is 28.9 Å². The van der Waals surface area contributed by atoms with Crippen LogP contribution in [0.1, 0.15) is 11.1 Å². The molecule has 0 aliphatic heterocycles. The van der Waals surface area contributed by atoms with Crippen LogP contribution in [0.3, 0.4) is 0 Å². The van der Waals surface area contributed by atoms with Crippen LogP contribution < -0.4 is 0 Å². The quantitative estimate of drug-likeness (QED) is 0.738. The molecule has 2 aromatic carbocycles. The fraction of sp³-hybridized carbons (Fsp3) is 0.0667. The zero-order valence-electron chi connectivity index (χ0n) is 10.9. The normalized spacial score (nSPS) is 10.3. The molecule has 6 heteroatoms. The van der Waals surface area contributed by atoms with Gasteiger partial charge in [-0.25, -0.2) is 9.07 Å². The monoisotopic (exact) mass is 279 g/mol. The number of nitriles is 1. The Morgan fingerprint density at radius 3 is 2.71 bits per heavy atom. The molecule has 1 aromatic heterocycles. The van der Waals surface area contributed by atoms with E-state index in [-0.39, 0.29) is 5.82 Å². The molecular formula is C15H10FN5. The van der Waals surface area contributed by atoms with Crippen LogP contribution >= 0.6 is 0 Å². The van der Waals surface area contributed by atoms with Gasteiger partial charge in [0.15, 0.2) is 5.82 Å².